The van der Waals surface area contributed by atoms with Crippen molar-refractivity contribution in [2.75, 3.05) is 0 Å². The van der Waals surface area contributed by atoms with Gasteiger partial charge in [0, 0.05) is 22.3 Å². The molecule has 0 heterocycles. The van der Waals surface area contributed by atoms with E-state index in [0.29, 0.717) is 5.75 Å². The predicted octanol–water partition coefficient (Wildman–Crippen LogP) is 4.20. The van der Waals surface area contributed by atoms with Crippen molar-refractivity contribution >= 4 is 17.4 Å². The Kier molecular flexibility index (Phi) is 3.99. The highest BCUT2D eigenvalue weighted by Gasteiger charge is 2.11. The number of nitrogens with zero attached hydrogens (tertiary/aromatic N) is 1. The van der Waals surface area contributed by atoms with Gasteiger partial charge in [-0.25, -0.2) is 0 Å². The molecule has 0 aliphatic rings. The van der Waals surface area contributed by atoms with Crippen molar-refractivity contribution in [3.05, 3.63) is 69.8 Å². The van der Waals surface area contributed by atoms with Gasteiger partial charge in [0.15, 0.2) is 0 Å². The first-order chi connectivity index (χ1) is 8.66. The molecule has 0 unspecified atom stereocenters. The molecule has 0 aliphatic carbocycles. The van der Waals surface area contributed by atoms with E-state index >= 15 is 0 Å². The molecule has 0 bridgehead atoms. The molecular weight excluding hydrogens is 246 g/mol. The summed E-state index contributed by atoms with van der Waals surface area (Å²) in [6, 6.07) is 15.0. The van der Waals surface area contributed by atoms with Crippen molar-refractivity contribution < 1.29 is 4.92 Å². The van der Waals surface area contributed by atoms with Gasteiger partial charge in [0.25, 0.3) is 5.69 Å². The molecule has 0 atom stereocenters. The van der Waals surface area contributed by atoms with Gasteiger partial charge in [-0.15, -0.1) is 11.8 Å². The topological polar surface area (TPSA) is 43.1 Å². The molecule has 0 aliphatic heterocycles. The molecule has 2 aromatic carbocycles. The van der Waals surface area contributed by atoms with Gasteiger partial charge in [-0.2, -0.15) is 0 Å². The fourth-order valence-corrected chi connectivity index (χ4v) is 2.69. The molecule has 0 amide bonds. The van der Waals surface area contributed by atoms with Crippen molar-refractivity contribution in [2.24, 2.45) is 0 Å². The van der Waals surface area contributed by atoms with Crippen LogP contribution in [0.2, 0.25) is 0 Å². The van der Waals surface area contributed by atoms with Gasteiger partial charge >= 0.3 is 0 Å². The summed E-state index contributed by atoms with van der Waals surface area (Å²) in [6.45, 7) is 2.04. The molecule has 0 N–H and O–H groups in total. The van der Waals surface area contributed by atoms with E-state index in [-0.39, 0.29) is 10.6 Å². The highest BCUT2D eigenvalue weighted by atomic mass is 32.2. The molecule has 92 valence electrons. The molecule has 0 saturated carbocycles. The number of aryl methyl sites for hydroxylation is 1. The number of rotatable bonds is 4. The lowest BCUT2D eigenvalue weighted by molar-refractivity contribution is -0.385. The molecule has 0 fully saturated rings. The van der Waals surface area contributed by atoms with Crippen LogP contribution in [0, 0.1) is 17.0 Å². The molecule has 18 heavy (non-hydrogen) atoms. The first-order valence-electron chi connectivity index (χ1n) is 5.58. The normalized spacial score (nSPS) is 10.3. The average molecular weight is 259 g/mol. The van der Waals surface area contributed by atoms with E-state index in [2.05, 4.69) is 6.07 Å². The van der Waals surface area contributed by atoms with E-state index in [1.807, 2.05) is 31.2 Å². The number of nitro groups is 1. The SMILES string of the molecule is Cc1cccc(SCc2ccccc2[N+](=O)[O-])c1. The van der Waals surface area contributed by atoms with E-state index in [1.54, 1.807) is 30.0 Å². The minimum absolute atomic E-state index is 0.192. The smallest absolute Gasteiger partial charge is 0.258 e. The summed E-state index contributed by atoms with van der Waals surface area (Å²) >= 11 is 1.61. The van der Waals surface area contributed by atoms with Gasteiger partial charge in [0.2, 0.25) is 0 Å². The van der Waals surface area contributed by atoms with E-state index in [4.69, 9.17) is 0 Å². The van der Waals surface area contributed by atoms with Crippen molar-refractivity contribution in [3.8, 4) is 0 Å². The van der Waals surface area contributed by atoms with Crippen LogP contribution in [0.3, 0.4) is 0 Å². The van der Waals surface area contributed by atoms with Gasteiger partial charge in [-0.3, -0.25) is 10.1 Å². The zero-order valence-electron chi connectivity index (χ0n) is 10.00. The van der Waals surface area contributed by atoms with Crippen LogP contribution in [-0.4, -0.2) is 4.92 Å². The first-order valence-corrected chi connectivity index (χ1v) is 6.57. The third kappa shape index (κ3) is 3.11. The second kappa shape index (κ2) is 5.69. The first kappa shape index (κ1) is 12.6. The van der Waals surface area contributed by atoms with Crippen LogP contribution in [0.5, 0.6) is 0 Å². The van der Waals surface area contributed by atoms with Crippen LogP contribution in [-0.2, 0) is 5.75 Å². The predicted molar refractivity (Wildman–Crippen MR) is 73.8 cm³/mol. The van der Waals surface area contributed by atoms with E-state index < -0.39 is 0 Å². The zero-order chi connectivity index (χ0) is 13.0. The summed E-state index contributed by atoms with van der Waals surface area (Å²) in [6.07, 6.45) is 0. The van der Waals surface area contributed by atoms with Gasteiger partial charge in [-0.1, -0.05) is 35.9 Å². The highest BCUT2D eigenvalue weighted by molar-refractivity contribution is 7.98. The van der Waals surface area contributed by atoms with Crippen molar-refractivity contribution in [1.29, 1.82) is 0 Å². The van der Waals surface area contributed by atoms with Crippen molar-refractivity contribution in [1.82, 2.24) is 0 Å². The minimum atomic E-state index is -0.327. The van der Waals surface area contributed by atoms with E-state index in [1.165, 1.54) is 5.56 Å². The molecule has 0 spiro atoms. The average Bonchev–Trinajstić information content (AvgIpc) is 2.37. The number of para-hydroxylation sites is 1. The molecule has 0 radical (unpaired) electrons. The Bertz CT molecular complexity index is 569. The lowest BCUT2D eigenvalue weighted by Gasteiger charge is -2.04. The number of benzene rings is 2. The Morgan fingerprint density at radius 2 is 1.94 bits per heavy atom. The van der Waals surface area contributed by atoms with Crippen LogP contribution in [0.1, 0.15) is 11.1 Å². The molecule has 0 saturated heterocycles. The number of nitro benzene ring substituents is 1. The second-order valence-electron chi connectivity index (χ2n) is 3.99. The standard InChI is InChI=1S/C14H13NO2S/c1-11-5-4-7-13(9-11)18-10-12-6-2-3-8-14(12)15(16)17/h2-9H,10H2,1H3. The Morgan fingerprint density at radius 3 is 2.67 bits per heavy atom. The third-order valence-corrected chi connectivity index (χ3v) is 3.61. The summed E-state index contributed by atoms with van der Waals surface area (Å²) in [5, 5.41) is 10.9. The van der Waals surface area contributed by atoms with Gasteiger partial charge < -0.3 is 0 Å². The Labute approximate surface area is 110 Å². The van der Waals surface area contributed by atoms with E-state index in [0.717, 1.165) is 10.5 Å². The summed E-state index contributed by atoms with van der Waals surface area (Å²) in [7, 11) is 0. The van der Waals surface area contributed by atoms with Crippen LogP contribution in [0.15, 0.2) is 53.4 Å². The molecule has 0 aromatic heterocycles. The summed E-state index contributed by atoms with van der Waals surface area (Å²) in [5.74, 6) is 0.612. The molecule has 3 nitrogen and oxygen atoms in total. The second-order valence-corrected chi connectivity index (χ2v) is 5.04. The van der Waals surface area contributed by atoms with Gasteiger partial charge in [0.05, 0.1) is 4.92 Å². The fourth-order valence-electron chi connectivity index (χ4n) is 1.68. The van der Waals surface area contributed by atoms with Gasteiger partial charge in [0.1, 0.15) is 0 Å². The van der Waals surface area contributed by atoms with E-state index in [9.17, 15) is 10.1 Å². The summed E-state index contributed by atoms with van der Waals surface area (Å²) < 4.78 is 0. The maximum absolute atomic E-state index is 10.9. The molecule has 4 heteroatoms. The van der Waals surface area contributed by atoms with Crippen LogP contribution >= 0.6 is 11.8 Å². The van der Waals surface area contributed by atoms with Crippen molar-refractivity contribution in [3.63, 3.8) is 0 Å². The molecule has 2 aromatic rings. The van der Waals surface area contributed by atoms with Crippen molar-refractivity contribution in [2.45, 2.75) is 17.6 Å². The monoisotopic (exact) mass is 259 g/mol. The third-order valence-electron chi connectivity index (χ3n) is 2.57. The van der Waals surface area contributed by atoms with Crippen LogP contribution < -0.4 is 0 Å². The largest absolute Gasteiger partial charge is 0.273 e. The maximum Gasteiger partial charge on any atom is 0.273 e. The Balaban J connectivity index is 2.13. The minimum Gasteiger partial charge on any atom is -0.258 e. The summed E-state index contributed by atoms with van der Waals surface area (Å²) in [4.78, 5) is 11.7. The van der Waals surface area contributed by atoms with Crippen LogP contribution in [0.4, 0.5) is 5.69 Å². The molecule has 2 rings (SSSR count). The molecular formula is C14H13NO2S. The zero-order valence-corrected chi connectivity index (χ0v) is 10.8. The number of hydrogen-bond donors (Lipinski definition) is 0. The Hall–Kier alpha value is -1.81. The Morgan fingerprint density at radius 1 is 1.17 bits per heavy atom. The number of hydrogen-bond acceptors (Lipinski definition) is 3. The lowest BCUT2D eigenvalue weighted by atomic mass is 10.2. The summed E-state index contributed by atoms with van der Waals surface area (Å²) in [5.41, 5.74) is 2.15. The maximum atomic E-state index is 10.9. The van der Waals surface area contributed by atoms with Crippen LogP contribution in [0.25, 0.3) is 0 Å². The van der Waals surface area contributed by atoms with Gasteiger partial charge in [-0.05, 0) is 19.1 Å². The quantitative estimate of drug-likeness (QED) is 0.469. The fraction of sp³-hybridized carbons (Fsp3) is 0.143. The number of thioether (sulfide) groups is 1. The highest BCUT2D eigenvalue weighted by Crippen LogP contribution is 2.28. The lowest BCUT2D eigenvalue weighted by Crippen LogP contribution is -1.93.